The Morgan fingerprint density at radius 1 is 1.39 bits per heavy atom. The monoisotopic (exact) mass is 249 g/mol. The van der Waals surface area contributed by atoms with Crippen LogP contribution in [-0.2, 0) is 16.8 Å². The van der Waals surface area contributed by atoms with E-state index in [4.69, 9.17) is 10.5 Å². The van der Waals surface area contributed by atoms with Crippen molar-refractivity contribution in [1.29, 1.82) is 0 Å². The van der Waals surface area contributed by atoms with Gasteiger partial charge in [0.1, 0.15) is 5.60 Å². The predicted octanol–water partition coefficient (Wildman–Crippen LogP) is 1.96. The molecule has 0 saturated heterocycles. The van der Waals surface area contributed by atoms with Gasteiger partial charge >= 0.3 is 0 Å². The van der Waals surface area contributed by atoms with Crippen LogP contribution in [0.4, 0.5) is 0 Å². The molecule has 0 aromatic heterocycles. The summed E-state index contributed by atoms with van der Waals surface area (Å²) in [6.45, 7) is 4.12. The average molecular weight is 249 g/mol. The van der Waals surface area contributed by atoms with Crippen molar-refractivity contribution in [3.05, 3.63) is 35.4 Å². The summed E-state index contributed by atoms with van der Waals surface area (Å²) < 4.78 is 6.14. The van der Waals surface area contributed by atoms with Gasteiger partial charge in [0.2, 0.25) is 0 Å². The number of fused-ring (bicyclic) bond motifs is 1. The molecule has 3 unspecified atom stereocenters. The molecule has 3 N–H and O–H groups in total. The first-order valence-electron chi connectivity index (χ1n) is 6.73. The number of nitrogens with two attached hydrogens (primary N) is 1. The smallest absolute Gasteiger partial charge is 0.106 e. The lowest BCUT2D eigenvalue weighted by Gasteiger charge is -2.40. The molecule has 1 aliphatic carbocycles. The first kappa shape index (κ1) is 13.5. The Hall–Kier alpha value is -0.900. The molecule has 0 heterocycles. The summed E-state index contributed by atoms with van der Waals surface area (Å²) in [6, 6.07) is 8.35. The van der Waals surface area contributed by atoms with Crippen molar-refractivity contribution >= 4 is 0 Å². The molecule has 0 bridgehead atoms. The van der Waals surface area contributed by atoms with Crippen LogP contribution in [0, 0.1) is 0 Å². The quantitative estimate of drug-likeness (QED) is 0.857. The summed E-state index contributed by atoms with van der Waals surface area (Å²) in [4.78, 5) is 0. The Bertz CT molecular complexity index is 405. The van der Waals surface area contributed by atoms with Crippen LogP contribution in [0.1, 0.15) is 37.8 Å². The highest BCUT2D eigenvalue weighted by Crippen LogP contribution is 2.38. The van der Waals surface area contributed by atoms with E-state index in [9.17, 15) is 5.11 Å². The largest absolute Gasteiger partial charge is 0.391 e. The molecule has 1 aliphatic rings. The van der Waals surface area contributed by atoms with Gasteiger partial charge in [0.25, 0.3) is 0 Å². The maximum atomic E-state index is 9.64. The Morgan fingerprint density at radius 2 is 2.11 bits per heavy atom. The molecule has 18 heavy (non-hydrogen) atoms. The number of aliphatic hydroxyl groups is 1. The van der Waals surface area contributed by atoms with E-state index in [1.807, 2.05) is 13.0 Å². The fourth-order valence-corrected chi connectivity index (χ4v) is 2.72. The summed E-state index contributed by atoms with van der Waals surface area (Å²) in [7, 11) is 0. The van der Waals surface area contributed by atoms with E-state index < -0.39 is 11.7 Å². The fourth-order valence-electron chi connectivity index (χ4n) is 2.72. The van der Waals surface area contributed by atoms with Crippen LogP contribution in [0.3, 0.4) is 0 Å². The second-order valence-corrected chi connectivity index (χ2v) is 5.27. The maximum Gasteiger partial charge on any atom is 0.106 e. The van der Waals surface area contributed by atoms with Crippen molar-refractivity contribution < 1.29 is 9.84 Å². The zero-order valence-corrected chi connectivity index (χ0v) is 11.2. The molecule has 0 spiro atoms. The van der Waals surface area contributed by atoms with Crippen molar-refractivity contribution in [2.75, 3.05) is 6.54 Å². The standard InChI is InChI=1S/C15H23NO2/c1-11(17)12(2)18-15(10-16)9-5-7-13-6-3-4-8-14(13)15/h3-4,6,8,11-12,17H,5,7,9-10,16H2,1-2H3. The normalized spacial score (nSPS) is 26.4. The van der Waals surface area contributed by atoms with Crippen LogP contribution in [-0.4, -0.2) is 23.9 Å². The summed E-state index contributed by atoms with van der Waals surface area (Å²) >= 11 is 0. The van der Waals surface area contributed by atoms with E-state index in [2.05, 4.69) is 18.2 Å². The molecular weight excluding hydrogens is 226 g/mol. The Labute approximate surface area is 109 Å². The first-order valence-corrected chi connectivity index (χ1v) is 6.73. The van der Waals surface area contributed by atoms with Crippen molar-refractivity contribution in [2.45, 2.75) is 50.9 Å². The van der Waals surface area contributed by atoms with Gasteiger partial charge in [-0.3, -0.25) is 0 Å². The van der Waals surface area contributed by atoms with Crippen molar-refractivity contribution in [1.82, 2.24) is 0 Å². The zero-order valence-electron chi connectivity index (χ0n) is 11.2. The number of ether oxygens (including phenoxy) is 1. The Morgan fingerprint density at radius 3 is 2.78 bits per heavy atom. The third kappa shape index (κ3) is 2.44. The molecule has 3 heteroatoms. The van der Waals surface area contributed by atoms with Crippen LogP contribution in [0.2, 0.25) is 0 Å². The highest BCUT2D eigenvalue weighted by Gasteiger charge is 2.38. The molecule has 0 saturated carbocycles. The van der Waals surface area contributed by atoms with Gasteiger partial charge in [-0.05, 0) is 44.2 Å². The highest BCUT2D eigenvalue weighted by atomic mass is 16.5. The minimum atomic E-state index is -0.484. The van der Waals surface area contributed by atoms with E-state index >= 15 is 0 Å². The number of hydrogen-bond acceptors (Lipinski definition) is 3. The van der Waals surface area contributed by atoms with Crippen LogP contribution >= 0.6 is 0 Å². The number of aryl methyl sites for hydroxylation is 1. The number of benzene rings is 1. The van der Waals surface area contributed by atoms with E-state index in [1.54, 1.807) is 6.92 Å². The number of aliphatic hydroxyl groups excluding tert-OH is 1. The molecule has 1 aromatic carbocycles. The lowest BCUT2D eigenvalue weighted by atomic mass is 9.78. The van der Waals surface area contributed by atoms with Gasteiger partial charge < -0.3 is 15.6 Å². The van der Waals surface area contributed by atoms with Crippen LogP contribution in [0.15, 0.2) is 24.3 Å². The van der Waals surface area contributed by atoms with Crippen LogP contribution < -0.4 is 5.73 Å². The molecule has 0 aliphatic heterocycles. The zero-order chi connectivity index (χ0) is 13.2. The lowest BCUT2D eigenvalue weighted by Crippen LogP contribution is -2.45. The van der Waals surface area contributed by atoms with Gasteiger partial charge in [-0.2, -0.15) is 0 Å². The van der Waals surface area contributed by atoms with Crippen LogP contribution in [0.25, 0.3) is 0 Å². The fraction of sp³-hybridized carbons (Fsp3) is 0.600. The van der Waals surface area contributed by atoms with Gasteiger partial charge in [0.15, 0.2) is 0 Å². The summed E-state index contributed by atoms with van der Waals surface area (Å²) in [5, 5.41) is 9.64. The molecule has 0 amide bonds. The summed E-state index contributed by atoms with van der Waals surface area (Å²) in [6.07, 6.45) is 2.41. The molecule has 1 aromatic rings. The van der Waals surface area contributed by atoms with Gasteiger partial charge in [-0.1, -0.05) is 24.3 Å². The third-order valence-electron chi connectivity index (χ3n) is 3.96. The number of hydrogen-bond donors (Lipinski definition) is 2. The Balaban J connectivity index is 2.33. The van der Waals surface area contributed by atoms with E-state index in [0.29, 0.717) is 6.54 Å². The molecule has 0 fully saturated rings. The molecule has 0 radical (unpaired) electrons. The lowest BCUT2D eigenvalue weighted by molar-refractivity contribution is -0.131. The summed E-state index contributed by atoms with van der Waals surface area (Å²) in [5.74, 6) is 0. The molecule has 3 nitrogen and oxygen atoms in total. The summed E-state index contributed by atoms with van der Waals surface area (Å²) in [5.41, 5.74) is 8.10. The van der Waals surface area contributed by atoms with Crippen molar-refractivity contribution in [2.24, 2.45) is 5.73 Å². The topological polar surface area (TPSA) is 55.5 Å². The SMILES string of the molecule is CC(O)C(C)OC1(CN)CCCc2ccccc21. The first-order chi connectivity index (χ1) is 8.59. The van der Waals surface area contributed by atoms with Gasteiger partial charge in [-0.25, -0.2) is 0 Å². The Kier molecular flexibility index (Phi) is 4.05. The van der Waals surface area contributed by atoms with Crippen molar-refractivity contribution in [3.8, 4) is 0 Å². The van der Waals surface area contributed by atoms with Gasteiger partial charge in [0.05, 0.1) is 12.2 Å². The second-order valence-electron chi connectivity index (χ2n) is 5.27. The highest BCUT2D eigenvalue weighted by molar-refractivity contribution is 5.35. The van der Waals surface area contributed by atoms with E-state index in [-0.39, 0.29) is 6.10 Å². The minimum absolute atomic E-state index is 0.209. The predicted molar refractivity (Wildman–Crippen MR) is 72.3 cm³/mol. The molecule has 3 atom stereocenters. The van der Waals surface area contributed by atoms with E-state index in [0.717, 1.165) is 19.3 Å². The number of rotatable bonds is 4. The minimum Gasteiger partial charge on any atom is -0.391 e. The van der Waals surface area contributed by atoms with E-state index in [1.165, 1.54) is 11.1 Å². The average Bonchev–Trinajstić information content (AvgIpc) is 2.39. The third-order valence-corrected chi connectivity index (χ3v) is 3.96. The maximum absolute atomic E-state index is 9.64. The van der Waals surface area contributed by atoms with Gasteiger partial charge in [0, 0.05) is 6.54 Å². The second kappa shape index (κ2) is 5.39. The molecular formula is C15H23NO2. The molecule has 2 rings (SSSR count). The molecule has 100 valence electrons. The van der Waals surface area contributed by atoms with Crippen molar-refractivity contribution in [3.63, 3.8) is 0 Å². The van der Waals surface area contributed by atoms with Gasteiger partial charge in [-0.15, -0.1) is 0 Å². The van der Waals surface area contributed by atoms with Crippen LogP contribution in [0.5, 0.6) is 0 Å².